The Kier molecular flexibility index (Phi) is 5.91. The van der Waals surface area contributed by atoms with Gasteiger partial charge in [-0.3, -0.25) is 0 Å². The highest BCUT2D eigenvalue weighted by atomic mass is 35.5. The first-order valence-electron chi connectivity index (χ1n) is 6.26. The van der Waals surface area contributed by atoms with Crippen LogP contribution in [0.15, 0.2) is 41.8 Å². The van der Waals surface area contributed by atoms with E-state index < -0.39 is 6.10 Å². The third-order valence-electron chi connectivity index (χ3n) is 2.71. The number of nitrogens with zero attached hydrogens (tertiary/aromatic N) is 2. The van der Waals surface area contributed by atoms with E-state index in [1.54, 1.807) is 6.20 Å². The highest BCUT2D eigenvalue weighted by Gasteiger charge is 2.08. The first-order chi connectivity index (χ1) is 9.66. The van der Waals surface area contributed by atoms with E-state index in [2.05, 4.69) is 4.98 Å². The molecule has 1 heterocycles. The number of aryl methyl sites for hydroxylation is 1. The van der Waals surface area contributed by atoms with E-state index in [4.69, 9.17) is 16.3 Å². The Balaban J connectivity index is 1.69. The first kappa shape index (κ1) is 15.4. The quantitative estimate of drug-likeness (QED) is 0.799. The van der Waals surface area contributed by atoms with Crippen LogP contribution >= 0.6 is 23.4 Å². The van der Waals surface area contributed by atoms with E-state index >= 15 is 0 Å². The Hall–Kier alpha value is -1.01. The van der Waals surface area contributed by atoms with Gasteiger partial charge >= 0.3 is 0 Å². The second-order valence-corrected chi connectivity index (χ2v) is 5.79. The molecule has 1 aromatic carbocycles. The SMILES string of the molecule is Cn1ccnc1SCC(O)COCc1ccccc1Cl. The largest absolute Gasteiger partial charge is 0.390 e. The standard InChI is InChI=1S/C14H17ClN2O2S/c1-17-7-6-16-14(17)20-10-12(18)9-19-8-11-4-2-3-5-13(11)15/h2-7,12,18H,8-10H2,1H3. The minimum atomic E-state index is -0.529. The number of halogens is 1. The van der Waals surface area contributed by atoms with Crippen LogP contribution in [0.2, 0.25) is 5.02 Å². The number of aromatic nitrogens is 2. The lowest BCUT2D eigenvalue weighted by atomic mass is 10.2. The van der Waals surface area contributed by atoms with Gasteiger partial charge in [-0.1, -0.05) is 41.6 Å². The van der Waals surface area contributed by atoms with Crippen LogP contribution in [0.25, 0.3) is 0 Å². The van der Waals surface area contributed by atoms with Crippen LogP contribution in [0, 0.1) is 0 Å². The fourth-order valence-electron chi connectivity index (χ4n) is 1.63. The van der Waals surface area contributed by atoms with Gasteiger partial charge in [-0.05, 0) is 11.6 Å². The van der Waals surface area contributed by atoms with E-state index in [1.165, 1.54) is 11.8 Å². The Bertz CT molecular complexity index is 547. The number of aliphatic hydroxyl groups is 1. The molecule has 1 atom stereocenters. The maximum atomic E-state index is 9.87. The fourth-order valence-corrected chi connectivity index (χ4v) is 2.66. The van der Waals surface area contributed by atoms with Crippen molar-refractivity contribution in [1.29, 1.82) is 0 Å². The number of hydrogen-bond acceptors (Lipinski definition) is 4. The number of hydrogen-bond donors (Lipinski definition) is 1. The topological polar surface area (TPSA) is 47.3 Å². The summed E-state index contributed by atoms with van der Waals surface area (Å²) in [6.07, 6.45) is 3.09. The molecular weight excluding hydrogens is 296 g/mol. The molecule has 0 aliphatic heterocycles. The monoisotopic (exact) mass is 312 g/mol. The molecule has 1 unspecified atom stereocenters. The molecule has 2 aromatic rings. The smallest absolute Gasteiger partial charge is 0.167 e. The van der Waals surface area contributed by atoms with Crippen molar-refractivity contribution in [3.05, 3.63) is 47.2 Å². The molecule has 108 valence electrons. The highest BCUT2D eigenvalue weighted by Crippen LogP contribution is 2.17. The number of aliphatic hydroxyl groups excluding tert-OH is 1. The van der Waals surface area contributed by atoms with Gasteiger partial charge in [0, 0.05) is 30.2 Å². The predicted octanol–water partition coefficient (Wildman–Crippen LogP) is 2.74. The molecule has 0 aliphatic carbocycles. The van der Waals surface area contributed by atoms with Gasteiger partial charge in [0.1, 0.15) is 0 Å². The summed E-state index contributed by atoms with van der Waals surface area (Å²) in [5, 5.41) is 11.4. The first-order valence-corrected chi connectivity index (χ1v) is 7.62. The van der Waals surface area contributed by atoms with Crippen molar-refractivity contribution in [2.75, 3.05) is 12.4 Å². The van der Waals surface area contributed by atoms with Crippen LogP contribution in [0.4, 0.5) is 0 Å². The highest BCUT2D eigenvalue weighted by molar-refractivity contribution is 7.99. The summed E-state index contributed by atoms with van der Waals surface area (Å²) in [6, 6.07) is 7.53. The summed E-state index contributed by atoms with van der Waals surface area (Å²) in [5.74, 6) is 0.549. The summed E-state index contributed by atoms with van der Waals surface area (Å²) >= 11 is 7.54. The van der Waals surface area contributed by atoms with Gasteiger partial charge in [-0.2, -0.15) is 0 Å². The van der Waals surface area contributed by atoms with Gasteiger partial charge in [-0.15, -0.1) is 0 Å². The Morgan fingerprint density at radius 3 is 2.95 bits per heavy atom. The van der Waals surface area contributed by atoms with Crippen LogP contribution in [0.3, 0.4) is 0 Å². The van der Waals surface area contributed by atoms with Crippen LogP contribution in [0.1, 0.15) is 5.56 Å². The lowest BCUT2D eigenvalue weighted by Crippen LogP contribution is -2.18. The minimum Gasteiger partial charge on any atom is -0.390 e. The molecule has 1 N–H and O–H groups in total. The number of thioether (sulfide) groups is 1. The van der Waals surface area contributed by atoms with E-state index in [9.17, 15) is 5.11 Å². The van der Waals surface area contributed by atoms with Crippen LogP contribution < -0.4 is 0 Å². The van der Waals surface area contributed by atoms with Crippen molar-refractivity contribution in [1.82, 2.24) is 9.55 Å². The summed E-state index contributed by atoms with van der Waals surface area (Å²) in [4.78, 5) is 4.18. The van der Waals surface area contributed by atoms with Crippen LogP contribution in [-0.4, -0.2) is 33.1 Å². The molecule has 0 spiro atoms. The number of ether oxygens (including phenoxy) is 1. The Labute approximate surface area is 127 Å². The minimum absolute atomic E-state index is 0.280. The molecule has 0 saturated heterocycles. The lowest BCUT2D eigenvalue weighted by molar-refractivity contribution is 0.0398. The number of imidazole rings is 1. The molecule has 0 aliphatic rings. The van der Waals surface area contributed by atoms with Crippen molar-refractivity contribution in [3.63, 3.8) is 0 Å². The van der Waals surface area contributed by atoms with Crippen molar-refractivity contribution >= 4 is 23.4 Å². The normalized spacial score (nSPS) is 12.6. The zero-order chi connectivity index (χ0) is 14.4. The third kappa shape index (κ3) is 4.52. The van der Waals surface area contributed by atoms with Crippen LogP contribution in [-0.2, 0) is 18.4 Å². The molecular formula is C14H17ClN2O2S. The van der Waals surface area contributed by atoms with Gasteiger partial charge in [0.2, 0.25) is 0 Å². The lowest BCUT2D eigenvalue weighted by Gasteiger charge is -2.11. The average molecular weight is 313 g/mol. The molecule has 0 bridgehead atoms. The molecule has 2 rings (SSSR count). The molecule has 20 heavy (non-hydrogen) atoms. The Morgan fingerprint density at radius 2 is 2.25 bits per heavy atom. The zero-order valence-electron chi connectivity index (χ0n) is 11.2. The molecule has 0 saturated carbocycles. The zero-order valence-corrected chi connectivity index (χ0v) is 12.8. The van der Waals surface area contributed by atoms with Crippen molar-refractivity contribution in [2.45, 2.75) is 17.9 Å². The van der Waals surface area contributed by atoms with E-state index in [-0.39, 0.29) is 6.61 Å². The maximum Gasteiger partial charge on any atom is 0.167 e. The third-order valence-corrected chi connectivity index (χ3v) is 4.28. The van der Waals surface area contributed by atoms with Gasteiger partial charge in [0.15, 0.2) is 5.16 Å². The predicted molar refractivity (Wildman–Crippen MR) is 81.0 cm³/mol. The fraction of sp³-hybridized carbons (Fsp3) is 0.357. The van der Waals surface area contributed by atoms with Gasteiger partial charge in [-0.25, -0.2) is 4.98 Å². The second-order valence-electron chi connectivity index (χ2n) is 4.39. The van der Waals surface area contributed by atoms with Crippen molar-refractivity contribution in [2.24, 2.45) is 7.05 Å². The summed E-state index contributed by atoms with van der Waals surface area (Å²) < 4.78 is 7.41. The molecule has 0 fully saturated rings. The summed E-state index contributed by atoms with van der Waals surface area (Å²) in [5.41, 5.74) is 0.929. The van der Waals surface area contributed by atoms with Crippen molar-refractivity contribution in [3.8, 4) is 0 Å². The summed E-state index contributed by atoms with van der Waals surface area (Å²) in [6.45, 7) is 0.687. The molecule has 0 radical (unpaired) electrons. The molecule has 6 heteroatoms. The van der Waals surface area contributed by atoms with Gasteiger partial charge in [0.05, 0.1) is 19.3 Å². The number of rotatable bonds is 7. The van der Waals surface area contributed by atoms with Crippen molar-refractivity contribution < 1.29 is 9.84 Å². The molecule has 4 nitrogen and oxygen atoms in total. The van der Waals surface area contributed by atoms with E-state index in [0.717, 1.165) is 10.7 Å². The Morgan fingerprint density at radius 1 is 1.45 bits per heavy atom. The molecule has 1 aromatic heterocycles. The second kappa shape index (κ2) is 7.69. The molecule has 0 amide bonds. The van der Waals surface area contributed by atoms with E-state index in [1.807, 2.05) is 42.1 Å². The van der Waals surface area contributed by atoms with Gasteiger partial charge < -0.3 is 14.4 Å². The maximum absolute atomic E-state index is 9.87. The summed E-state index contributed by atoms with van der Waals surface area (Å²) in [7, 11) is 1.93. The van der Waals surface area contributed by atoms with Crippen LogP contribution in [0.5, 0.6) is 0 Å². The average Bonchev–Trinajstić information content (AvgIpc) is 2.84. The van der Waals surface area contributed by atoms with Gasteiger partial charge in [0.25, 0.3) is 0 Å². The van der Waals surface area contributed by atoms with E-state index in [0.29, 0.717) is 17.4 Å². The number of benzene rings is 1.